The molecule has 0 unspecified atom stereocenters. The van der Waals surface area contributed by atoms with E-state index in [1.807, 2.05) is 6.92 Å². The highest BCUT2D eigenvalue weighted by Gasteiger charge is 2.18. The number of amides is 1. The van der Waals surface area contributed by atoms with Crippen molar-refractivity contribution in [3.05, 3.63) is 18.2 Å². The second-order valence-electron chi connectivity index (χ2n) is 4.59. The number of ether oxygens (including phenoxy) is 2. The van der Waals surface area contributed by atoms with Gasteiger partial charge in [0.05, 0.1) is 19.5 Å². The lowest BCUT2D eigenvalue weighted by molar-refractivity contribution is -0.115. The van der Waals surface area contributed by atoms with Crippen LogP contribution < -0.4 is 14.8 Å². The Kier molecular flexibility index (Phi) is 7.19. The first-order valence-corrected chi connectivity index (χ1v) is 9.91. The van der Waals surface area contributed by atoms with E-state index in [0.717, 1.165) is 14.4 Å². The van der Waals surface area contributed by atoms with Crippen molar-refractivity contribution in [2.24, 2.45) is 0 Å². The van der Waals surface area contributed by atoms with Gasteiger partial charge < -0.3 is 14.8 Å². The molecule has 0 fully saturated rings. The van der Waals surface area contributed by atoms with Crippen LogP contribution in [0.4, 0.5) is 5.69 Å². The number of nitrogens with one attached hydrogen (secondary N) is 1. The largest absolute Gasteiger partial charge is 0.493 e. The molecule has 0 spiro atoms. The maximum atomic E-state index is 12.4. The molecule has 1 N–H and O–H groups in total. The molecular formula is C15H19N3O3S3. The molecule has 0 aliphatic carbocycles. The summed E-state index contributed by atoms with van der Waals surface area (Å²) in [6.45, 7) is 3.91. The molecule has 24 heavy (non-hydrogen) atoms. The Morgan fingerprint density at radius 1 is 1.25 bits per heavy atom. The highest BCUT2D eigenvalue weighted by Crippen LogP contribution is 2.32. The monoisotopic (exact) mass is 385 g/mol. The molecule has 0 saturated heterocycles. The fourth-order valence-corrected chi connectivity index (χ4v) is 4.85. The summed E-state index contributed by atoms with van der Waals surface area (Å²) in [4.78, 5) is 12.4. The number of hydrogen-bond donors (Lipinski definition) is 1. The number of aromatic nitrogens is 2. The highest BCUT2D eigenvalue weighted by atomic mass is 32.2. The van der Waals surface area contributed by atoms with E-state index in [1.54, 1.807) is 44.2 Å². The summed E-state index contributed by atoms with van der Waals surface area (Å²) in [5.41, 5.74) is 0.657. The van der Waals surface area contributed by atoms with Crippen molar-refractivity contribution < 1.29 is 14.3 Å². The van der Waals surface area contributed by atoms with Crippen molar-refractivity contribution in [1.29, 1.82) is 0 Å². The molecule has 1 aromatic heterocycles. The van der Waals surface area contributed by atoms with Crippen LogP contribution in [0.25, 0.3) is 0 Å². The molecule has 1 atom stereocenters. The minimum atomic E-state index is -0.287. The third kappa shape index (κ3) is 5.02. The van der Waals surface area contributed by atoms with Gasteiger partial charge in [-0.1, -0.05) is 41.8 Å². The molecule has 0 bridgehead atoms. The molecule has 1 aromatic carbocycles. The number of hydrogen-bond acceptors (Lipinski definition) is 8. The van der Waals surface area contributed by atoms with Gasteiger partial charge in [-0.25, -0.2) is 0 Å². The molecule has 0 aliphatic heterocycles. The van der Waals surface area contributed by atoms with Crippen molar-refractivity contribution in [1.82, 2.24) is 10.2 Å². The SMILES string of the molecule is CCSc1nnc(S[C@H](C)C(=O)Nc2ccc(OC)c(OC)c2)s1. The van der Waals surface area contributed by atoms with Gasteiger partial charge in [0.2, 0.25) is 5.91 Å². The Labute approximate surface area is 153 Å². The smallest absolute Gasteiger partial charge is 0.237 e. The zero-order valence-electron chi connectivity index (χ0n) is 13.9. The summed E-state index contributed by atoms with van der Waals surface area (Å²) in [7, 11) is 3.13. The van der Waals surface area contributed by atoms with E-state index >= 15 is 0 Å². The van der Waals surface area contributed by atoms with Crippen molar-refractivity contribution in [2.45, 2.75) is 27.8 Å². The predicted octanol–water partition coefficient (Wildman–Crippen LogP) is 3.79. The van der Waals surface area contributed by atoms with Gasteiger partial charge >= 0.3 is 0 Å². The molecule has 9 heteroatoms. The third-order valence-electron chi connectivity index (χ3n) is 2.95. The van der Waals surface area contributed by atoms with E-state index in [1.165, 1.54) is 23.1 Å². The van der Waals surface area contributed by atoms with Crippen LogP contribution >= 0.6 is 34.9 Å². The molecule has 0 saturated carbocycles. The number of anilines is 1. The first kappa shape index (κ1) is 18.9. The van der Waals surface area contributed by atoms with Crippen LogP contribution in [0.15, 0.2) is 26.9 Å². The van der Waals surface area contributed by atoms with Crippen molar-refractivity contribution in [3.8, 4) is 11.5 Å². The molecule has 0 radical (unpaired) electrons. The van der Waals surface area contributed by atoms with Gasteiger partial charge in [0.15, 0.2) is 20.2 Å². The summed E-state index contributed by atoms with van der Waals surface area (Å²) >= 11 is 4.55. The number of thioether (sulfide) groups is 2. The molecular weight excluding hydrogens is 366 g/mol. The van der Waals surface area contributed by atoms with E-state index in [4.69, 9.17) is 9.47 Å². The van der Waals surface area contributed by atoms with Gasteiger partial charge in [0.1, 0.15) is 0 Å². The van der Waals surface area contributed by atoms with E-state index in [9.17, 15) is 4.79 Å². The number of benzene rings is 1. The van der Waals surface area contributed by atoms with Crippen molar-refractivity contribution >= 4 is 46.5 Å². The average molecular weight is 386 g/mol. The van der Waals surface area contributed by atoms with Gasteiger partial charge in [0, 0.05) is 11.8 Å². The Hall–Kier alpha value is -1.45. The van der Waals surface area contributed by atoms with Crippen LogP contribution in [0.2, 0.25) is 0 Å². The number of nitrogens with zero attached hydrogens (tertiary/aromatic N) is 2. The van der Waals surface area contributed by atoms with Crippen LogP contribution in [-0.2, 0) is 4.79 Å². The van der Waals surface area contributed by atoms with Crippen LogP contribution in [-0.4, -0.2) is 41.3 Å². The van der Waals surface area contributed by atoms with Gasteiger partial charge in [-0.15, -0.1) is 10.2 Å². The molecule has 2 aromatic rings. The zero-order valence-corrected chi connectivity index (χ0v) is 16.3. The maximum absolute atomic E-state index is 12.4. The standard InChI is InChI=1S/C15H19N3O3S3/c1-5-22-14-17-18-15(24-14)23-9(2)13(19)16-10-6-7-11(20-3)12(8-10)21-4/h6-9H,5H2,1-4H3,(H,16,19)/t9-/m1/s1. The fourth-order valence-electron chi connectivity index (χ4n) is 1.79. The third-order valence-corrected chi connectivity index (χ3v) is 6.08. The predicted molar refractivity (Wildman–Crippen MR) is 99.8 cm³/mol. The van der Waals surface area contributed by atoms with Crippen LogP contribution in [0, 0.1) is 0 Å². The van der Waals surface area contributed by atoms with Crippen molar-refractivity contribution in [3.63, 3.8) is 0 Å². The fraction of sp³-hybridized carbons (Fsp3) is 0.400. The second kappa shape index (κ2) is 9.14. The molecule has 1 amide bonds. The molecule has 0 aliphatic rings. The average Bonchev–Trinajstić information content (AvgIpc) is 3.02. The Bertz CT molecular complexity index is 694. The number of carbonyl (C=O) groups excluding carboxylic acids is 1. The zero-order chi connectivity index (χ0) is 17.5. The van der Waals surface area contributed by atoms with Gasteiger partial charge in [-0.3, -0.25) is 4.79 Å². The van der Waals surface area contributed by atoms with Crippen LogP contribution in [0.1, 0.15) is 13.8 Å². The van der Waals surface area contributed by atoms with Gasteiger partial charge in [-0.2, -0.15) is 0 Å². The minimum Gasteiger partial charge on any atom is -0.493 e. The normalized spacial score (nSPS) is 11.8. The van der Waals surface area contributed by atoms with E-state index in [-0.39, 0.29) is 11.2 Å². The summed E-state index contributed by atoms with van der Waals surface area (Å²) < 4.78 is 12.1. The van der Waals surface area contributed by atoms with E-state index in [0.29, 0.717) is 17.2 Å². The lowest BCUT2D eigenvalue weighted by Gasteiger charge is -2.13. The lowest BCUT2D eigenvalue weighted by Crippen LogP contribution is -2.22. The second-order valence-corrected chi connectivity index (χ2v) is 8.66. The lowest BCUT2D eigenvalue weighted by atomic mass is 10.2. The summed E-state index contributed by atoms with van der Waals surface area (Å²) in [6, 6.07) is 5.26. The minimum absolute atomic E-state index is 0.105. The quantitative estimate of drug-likeness (QED) is 0.693. The maximum Gasteiger partial charge on any atom is 0.237 e. The molecule has 1 heterocycles. The number of methoxy groups -OCH3 is 2. The molecule has 2 rings (SSSR count). The topological polar surface area (TPSA) is 73.3 Å². The molecule has 130 valence electrons. The molecule has 6 nitrogen and oxygen atoms in total. The summed E-state index contributed by atoms with van der Waals surface area (Å²) in [5, 5.41) is 10.8. The van der Waals surface area contributed by atoms with Crippen LogP contribution in [0.3, 0.4) is 0 Å². The van der Waals surface area contributed by atoms with E-state index in [2.05, 4.69) is 22.4 Å². The summed E-state index contributed by atoms with van der Waals surface area (Å²) in [6.07, 6.45) is 0. The summed E-state index contributed by atoms with van der Waals surface area (Å²) in [5.74, 6) is 2.04. The van der Waals surface area contributed by atoms with E-state index < -0.39 is 0 Å². The van der Waals surface area contributed by atoms with Gasteiger partial charge in [0.25, 0.3) is 0 Å². The highest BCUT2D eigenvalue weighted by molar-refractivity contribution is 8.03. The Morgan fingerprint density at radius 2 is 1.96 bits per heavy atom. The Balaban J connectivity index is 1.97. The number of rotatable bonds is 8. The van der Waals surface area contributed by atoms with Gasteiger partial charge in [-0.05, 0) is 24.8 Å². The first-order valence-electron chi connectivity index (χ1n) is 7.23. The first-order chi connectivity index (χ1) is 11.6. The van der Waals surface area contributed by atoms with Crippen LogP contribution in [0.5, 0.6) is 11.5 Å². The number of carbonyl (C=O) groups is 1. The Morgan fingerprint density at radius 3 is 2.62 bits per heavy atom. The van der Waals surface area contributed by atoms with Crippen molar-refractivity contribution in [2.75, 3.05) is 25.3 Å².